The van der Waals surface area contributed by atoms with E-state index in [1.807, 2.05) is 0 Å². The van der Waals surface area contributed by atoms with Gasteiger partial charge in [0, 0.05) is 7.05 Å². The molecule has 9 heteroatoms. The average molecular weight is 278 g/mol. The molecule has 0 spiro atoms. The molecule has 2 rings (SSSR count). The monoisotopic (exact) mass is 278 g/mol. The van der Waals surface area contributed by atoms with Crippen LogP contribution < -0.4 is 0 Å². The van der Waals surface area contributed by atoms with Gasteiger partial charge in [-0.05, 0) is 18.7 Å². The van der Waals surface area contributed by atoms with Crippen LogP contribution in [0, 0.1) is 30.5 Å². The van der Waals surface area contributed by atoms with Gasteiger partial charge >= 0.3 is 0 Å². The maximum absolute atomic E-state index is 13.3. The molecule has 0 atom stereocenters. The second-order valence-electron chi connectivity index (χ2n) is 3.34. The van der Waals surface area contributed by atoms with Crippen LogP contribution in [0.2, 0.25) is 0 Å². The molecule has 2 aromatic rings. The number of rotatable bonds is 2. The zero-order valence-electron chi connectivity index (χ0n) is 9.21. The third-order valence-electron chi connectivity index (χ3n) is 2.20. The lowest BCUT2D eigenvalue weighted by molar-refractivity contribution is 0.383. The molecule has 0 amide bonds. The second kappa shape index (κ2) is 4.56. The number of halogens is 4. The molecule has 0 saturated heterocycles. The molecule has 18 heavy (non-hydrogen) atoms. The van der Waals surface area contributed by atoms with Gasteiger partial charge < -0.3 is 4.57 Å². The van der Waals surface area contributed by atoms with Crippen molar-refractivity contribution in [2.45, 2.75) is 17.0 Å². The smallest absolute Gasteiger partial charge is 0.252 e. The van der Waals surface area contributed by atoms with Gasteiger partial charge in [-0.15, -0.1) is 10.2 Å². The molecule has 0 saturated carbocycles. The fraction of sp³-hybridized carbons (Fsp3) is 0.222. The van der Waals surface area contributed by atoms with Crippen LogP contribution in [0.1, 0.15) is 5.82 Å². The zero-order valence-corrected chi connectivity index (χ0v) is 10.0. The Morgan fingerprint density at radius 2 is 1.56 bits per heavy atom. The van der Waals surface area contributed by atoms with Gasteiger partial charge in [0.2, 0.25) is 0 Å². The molecule has 0 aliphatic heterocycles. The average Bonchev–Trinajstić information content (AvgIpc) is 2.64. The Morgan fingerprint density at radius 3 is 2.00 bits per heavy atom. The van der Waals surface area contributed by atoms with E-state index < -0.39 is 28.4 Å². The van der Waals surface area contributed by atoms with Crippen molar-refractivity contribution in [3.05, 3.63) is 29.4 Å². The Bertz CT molecular complexity index is 587. The first kappa shape index (κ1) is 12.8. The van der Waals surface area contributed by atoms with Gasteiger partial charge in [0.15, 0.2) is 16.8 Å². The lowest BCUT2D eigenvalue weighted by Crippen LogP contribution is -2.03. The van der Waals surface area contributed by atoms with E-state index in [2.05, 4.69) is 15.2 Å². The van der Waals surface area contributed by atoms with Gasteiger partial charge in [-0.25, -0.2) is 8.78 Å². The summed E-state index contributed by atoms with van der Waals surface area (Å²) in [7, 11) is 1.56. The Kier molecular flexibility index (Phi) is 3.24. The zero-order chi connectivity index (χ0) is 13.4. The fourth-order valence-electron chi connectivity index (χ4n) is 1.13. The fourth-order valence-corrected chi connectivity index (χ4v) is 2.01. The third-order valence-corrected chi connectivity index (χ3v) is 3.30. The van der Waals surface area contributed by atoms with E-state index in [1.54, 1.807) is 14.0 Å². The number of nitrogens with zero attached hydrogens (tertiary/aromatic N) is 4. The summed E-state index contributed by atoms with van der Waals surface area (Å²) in [5.74, 6) is -6.02. The summed E-state index contributed by atoms with van der Waals surface area (Å²) >= 11 is 0.436. The quantitative estimate of drug-likeness (QED) is 0.624. The molecule has 0 N–H and O–H groups in total. The van der Waals surface area contributed by atoms with E-state index in [0.29, 0.717) is 17.6 Å². The van der Waals surface area contributed by atoms with Crippen LogP contribution in [-0.2, 0) is 7.05 Å². The molecule has 0 radical (unpaired) electrons. The van der Waals surface area contributed by atoms with Crippen LogP contribution in [0.25, 0.3) is 0 Å². The van der Waals surface area contributed by atoms with Crippen LogP contribution in [0.5, 0.6) is 0 Å². The Morgan fingerprint density at radius 1 is 1.00 bits per heavy atom. The predicted octanol–water partition coefficient (Wildman–Crippen LogP) is 2.23. The molecular formula is C9H6F4N4S. The Hall–Kier alpha value is -1.64. The maximum atomic E-state index is 13.3. The predicted molar refractivity (Wildman–Crippen MR) is 53.9 cm³/mol. The Balaban J connectivity index is 2.49. The molecule has 2 aromatic heterocycles. The van der Waals surface area contributed by atoms with Gasteiger partial charge in [-0.3, -0.25) is 0 Å². The van der Waals surface area contributed by atoms with Gasteiger partial charge in [0.25, 0.3) is 11.9 Å². The summed E-state index contributed by atoms with van der Waals surface area (Å²) < 4.78 is 53.9. The van der Waals surface area contributed by atoms with Crippen molar-refractivity contribution in [2.75, 3.05) is 0 Å². The molecule has 2 heterocycles. The van der Waals surface area contributed by atoms with Crippen LogP contribution in [0.4, 0.5) is 17.6 Å². The summed E-state index contributed by atoms with van der Waals surface area (Å²) in [5.41, 5.74) is 0. The van der Waals surface area contributed by atoms with Crippen LogP contribution in [0.15, 0.2) is 10.1 Å². The van der Waals surface area contributed by atoms with Crippen LogP contribution in [-0.4, -0.2) is 19.7 Å². The van der Waals surface area contributed by atoms with Gasteiger partial charge in [0.05, 0.1) is 4.90 Å². The van der Waals surface area contributed by atoms with Crippen LogP contribution >= 0.6 is 11.8 Å². The summed E-state index contributed by atoms with van der Waals surface area (Å²) in [6.07, 6.45) is 0. The first-order valence-corrected chi connectivity index (χ1v) is 5.47. The van der Waals surface area contributed by atoms with E-state index in [4.69, 9.17) is 0 Å². The largest absolute Gasteiger partial charge is 0.309 e. The summed E-state index contributed by atoms with van der Waals surface area (Å²) in [4.78, 5) is 1.63. The molecular weight excluding hydrogens is 272 g/mol. The second-order valence-corrected chi connectivity index (χ2v) is 4.32. The molecule has 0 aliphatic rings. The van der Waals surface area contributed by atoms with E-state index in [9.17, 15) is 17.6 Å². The molecule has 0 aromatic carbocycles. The molecule has 0 aliphatic carbocycles. The summed E-state index contributed by atoms with van der Waals surface area (Å²) in [6.45, 7) is 1.62. The standard InChI is InChI=1S/C9H6F4N4S/c1-3-15-16-9(17(3)2)18-6-4(10)7(12)14-8(13)5(6)11/h1-2H3. The highest BCUT2D eigenvalue weighted by molar-refractivity contribution is 7.99. The molecule has 4 nitrogen and oxygen atoms in total. The number of pyridine rings is 1. The van der Waals surface area contributed by atoms with Crippen molar-refractivity contribution in [3.8, 4) is 0 Å². The van der Waals surface area contributed by atoms with Crippen molar-refractivity contribution in [2.24, 2.45) is 7.05 Å². The van der Waals surface area contributed by atoms with Crippen molar-refractivity contribution < 1.29 is 17.6 Å². The van der Waals surface area contributed by atoms with Crippen molar-refractivity contribution in [3.63, 3.8) is 0 Å². The highest BCUT2D eigenvalue weighted by Gasteiger charge is 2.23. The van der Waals surface area contributed by atoms with E-state index >= 15 is 0 Å². The summed E-state index contributed by atoms with van der Waals surface area (Å²) in [5, 5.41) is 7.40. The SMILES string of the molecule is Cc1nnc(Sc2c(F)c(F)nc(F)c2F)n1C. The first-order valence-electron chi connectivity index (χ1n) is 4.65. The van der Waals surface area contributed by atoms with Crippen molar-refractivity contribution >= 4 is 11.8 Å². The van der Waals surface area contributed by atoms with Gasteiger partial charge in [-0.2, -0.15) is 13.8 Å². The van der Waals surface area contributed by atoms with Crippen molar-refractivity contribution in [1.29, 1.82) is 0 Å². The number of aryl methyl sites for hydroxylation is 1. The number of aromatic nitrogens is 4. The number of hydrogen-bond donors (Lipinski definition) is 0. The maximum Gasteiger partial charge on any atom is 0.252 e. The number of hydrogen-bond acceptors (Lipinski definition) is 4. The minimum Gasteiger partial charge on any atom is -0.309 e. The molecule has 0 fully saturated rings. The molecule has 0 unspecified atom stereocenters. The normalized spacial score (nSPS) is 11.0. The highest BCUT2D eigenvalue weighted by Crippen LogP contribution is 2.32. The third kappa shape index (κ3) is 2.05. The minimum atomic E-state index is -1.70. The van der Waals surface area contributed by atoms with E-state index in [1.165, 1.54) is 4.57 Å². The van der Waals surface area contributed by atoms with Crippen LogP contribution in [0.3, 0.4) is 0 Å². The van der Waals surface area contributed by atoms with E-state index in [0.717, 1.165) is 0 Å². The highest BCUT2D eigenvalue weighted by atomic mass is 32.2. The lowest BCUT2D eigenvalue weighted by atomic mass is 10.4. The Labute approximate surface area is 103 Å². The lowest BCUT2D eigenvalue weighted by Gasteiger charge is -2.05. The van der Waals surface area contributed by atoms with E-state index in [-0.39, 0.29) is 5.16 Å². The topological polar surface area (TPSA) is 43.6 Å². The molecule has 96 valence electrons. The van der Waals surface area contributed by atoms with Gasteiger partial charge in [-0.1, -0.05) is 0 Å². The van der Waals surface area contributed by atoms with Gasteiger partial charge in [0.1, 0.15) is 5.82 Å². The first-order chi connectivity index (χ1) is 8.41. The molecule has 0 bridgehead atoms. The minimum absolute atomic E-state index is 0.107. The summed E-state index contributed by atoms with van der Waals surface area (Å²) in [6, 6.07) is 0. The van der Waals surface area contributed by atoms with Crippen molar-refractivity contribution in [1.82, 2.24) is 19.7 Å².